The third-order valence-corrected chi connectivity index (χ3v) is 5.57. The maximum Gasteiger partial charge on any atom is 0.261 e. The number of nitrogens with one attached hydrogen (secondary N) is 2. The quantitative estimate of drug-likeness (QED) is 0.760. The van der Waals surface area contributed by atoms with Crippen molar-refractivity contribution in [3.8, 4) is 0 Å². The number of sulfonamides is 1. The largest absolute Gasteiger partial charge is 0.352 e. The first-order chi connectivity index (χ1) is 11.7. The molecule has 2 rings (SSSR count). The first-order valence-corrected chi connectivity index (χ1v) is 9.85. The van der Waals surface area contributed by atoms with Crippen LogP contribution >= 0.6 is 23.2 Å². The molecule has 0 spiro atoms. The summed E-state index contributed by atoms with van der Waals surface area (Å²) in [5.74, 6) is -0.415. The molecule has 0 bridgehead atoms. The standard InChI is InChI=1S/C17H18Cl2N2O3S/c1-3-8-20-17(22)14-10-13(6-7-15(14)18)25(23,24)21-12-5-4-11(2)16(19)9-12/h4-7,9-10,21H,3,8H2,1-2H3,(H,20,22). The predicted molar refractivity (Wildman–Crippen MR) is 101 cm³/mol. The number of carbonyl (C=O) groups is 1. The second-order valence-electron chi connectivity index (χ2n) is 5.47. The predicted octanol–water partition coefficient (Wildman–Crippen LogP) is 4.24. The van der Waals surface area contributed by atoms with Gasteiger partial charge in [-0.05, 0) is 49.2 Å². The van der Waals surface area contributed by atoms with Gasteiger partial charge in [0.15, 0.2) is 0 Å². The SMILES string of the molecule is CCCNC(=O)c1cc(S(=O)(=O)Nc2ccc(C)c(Cl)c2)ccc1Cl. The molecule has 0 unspecified atom stereocenters. The van der Waals surface area contributed by atoms with Gasteiger partial charge in [-0.3, -0.25) is 9.52 Å². The third kappa shape index (κ3) is 4.87. The van der Waals surface area contributed by atoms with E-state index in [1.807, 2.05) is 13.8 Å². The van der Waals surface area contributed by atoms with Gasteiger partial charge in [-0.25, -0.2) is 8.42 Å². The maximum atomic E-state index is 12.6. The fourth-order valence-electron chi connectivity index (χ4n) is 2.05. The molecular weight excluding hydrogens is 383 g/mol. The average molecular weight is 401 g/mol. The highest BCUT2D eigenvalue weighted by Gasteiger charge is 2.19. The lowest BCUT2D eigenvalue weighted by molar-refractivity contribution is 0.0953. The normalized spacial score (nSPS) is 11.2. The Morgan fingerprint density at radius 2 is 1.80 bits per heavy atom. The Morgan fingerprint density at radius 3 is 2.44 bits per heavy atom. The lowest BCUT2D eigenvalue weighted by atomic mass is 10.2. The highest BCUT2D eigenvalue weighted by molar-refractivity contribution is 7.92. The third-order valence-electron chi connectivity index (χ3n) is 3.45. The van der Waals surface area contributed by atoms with Crippen LogP contribution in [0.1, 0.15) is 29.3 Å². The number of rotatable bonds is 6. The number of benzene rings is 2. The summed E-state index contributed by atoms with van der Waals surface area (Å²) < 4.78 is 27.6. The summed E-state index contributed by atoms with van der Waals surface area (Å²) in [6.45, 7) is 4.21. The molecule has 0 aliphatic heterocycles. The number of halogens is 2. The summed E-state index contributed by atoms with van der Waals surface area (Å²) >= 11 is 12.0. The van der Waals surface area contributed by atoms with Gasteiger partial charge in [0, 0.05) is 11.6 Å². The monoisotopic (exact) mass is 400 g/mol. The molecule has 0 atom stereocenters. The van der Waals surface area contributed by atoms with Gasteiger partial charge in [-0.15, -0.1) is 0 Å². The first kappa shape index (κ1) is 19.6. The zero-order chi connectivity index (χ0) is 18.6. The van der Waals surface area contributed by atoms with E-state index in [0.717, 1.165) is 12.0 Å². The molecule has 25 heavy (non-hydrogen) atoms. The number of hydrogen-bond donors (Lipinski definition) is 2. The van der Waals surface area contributed by atoms with Crippen molar-refractivity contribution in [2.75, 3.05) is 11.3 Å². The van der Waals surface area contributed by atoms with E-state index in [-0.39, 0.29) is 15.5 Å². The van der Waals surface area contributed by atoms with Crippen LogP contribution in [0.4, 0.5) is 5.69 Å². The summed E-state index contributed by atoms with van der Waals surface area (Å²) in [6.07, 6.45) is 0.761. The van der Waals surface area contributed by atoms with E-state index in [9.17, 15) is 13.2 Å². The van der Waals surface area contributed by atoms with Crippen LogP contribution in [0.2, 0.25) is 10.0 Å². The summed E-state index contributed by atoms with van der Waals surface area (Å²) in [6, 6.07) is 8.84. The van der Waals surface area contributed by atoms with E-state index in [1.54, 1.807) is 12.1 Å². The molecule has 0 fully saturated rings. The summed E-state index contributed by atoms with van der Waals surface area (Å²) in [5.41, 5.74) is 1.29. The second kappa shape index (κ2) is 8.08. The van der Waals surface area contributed by atoms with Gasteiger partial charge in [0.25, 0.3) is 15.9 Å². The van der Waals surface area contributed by atoms with Crippen LogP contribution in [0.5, 0.6) is 0 Å². The maximum absolute atomic E-state index is 12.6. The molecule has 0 heterocycles. The molecule has 5 nitrogen and oxygen atoms in total. The zero-order valence-corrected chi connectivity index (χ0v) is 16.1. The smallest absolute Gasteiger partial charge is 0.261 e. The Labute approximate surface area is 157 Å². The Balaban J connectivity index is 2.32. The number of hydrogen-bond acceptors (Lipinski definition) is 3. The van der Waals surface area contributed by atoms with Gasteiger partial charge in [0.05, 0.1) is 21.2 Å². The van der Waals surface area contributed by atoms with Crippen LogP contribution in [-0.2, 0) is 10.0 Å². The minimum atomic E-state index is -3.88. The number of anilines is 1. The van der Waals surface area contributed by atoms with Gasteiger partial charge < -0.3 is 5.32 Å². The second-order valence-corrected chi connectivity index (χ2v) is 7.96. The highest BCUT2D eigenvalue weighted by atomic mass is 35.5. The van der Waals surface area contributed by atoms with Crippen molar-refractivity contribution in [3.05, 3.63) is 57.6 Å². The molecule has 0 saturated carbocycles. The zero-order valence-electron chi connectivity index (χ0n) is 13.8. The van der Waals surface area contributed by atoms with Crippen molar-refractivity contribution in [3.63, 3.8) is 0 Å². The van der Waals surface area contributed by atoms with Gasteiger partial charge in [0.1, 0.15) is 0 Å². The Bertz CT molecular complexity index is 899. The molecule has 0 saturated heterocycles. The molecule has 0 radical (unpaired) electrons. The van der Waals surface area contributed by atoms with Crippen LogP contribution in [0.3, 0.4) is 0 Å². The lowest BCUT2D eigenvalue weighted by Crippen LogP contribution is -2.24. The first-order valence-electron chi connectivity index (χ1n) is 7.61. The van der Waals surface area contributed by atoms with Crippen molar-refractivity contribution in [2.45, 2.75) is 25.2 Å². The van der Waals surface area contributed by atoms with Crippen molar-refractivity contribution < 1.29 is 13.2 Å². The number of carbonyl (C=O) groups excluding carboxylic acids is 1. The van der Waals surface area contributed by atoms with Crippen molar-refractivity contribution >= 4 is 44.8 Å². The van der Waals surface area contributed by atoms with Crippen LogP contribution in [0.15, 0.2) is 41.3 Å². The van der Waals surface area contributed by atoms with E-state index < -0.39 is 15.9 Å². The molecule has 0 aliphatic carbocycles. The van der Waals surface area contributed by atoms with Gasteiger partial charge in [0.2, 0.25) is 0 Å². The summed E-state index contributed by atoms with van der Waals surface area (Å²) in [4.78, 5) is 12.1. The molecule has 2 aromatic carbocycles. The molecule has 1 amide bonds. The van der Waals surface area contributed by atoms with Crippen molar-refractivity contribution in [1.29, 1.82) is 0 Å². The fourth-order valence-corrected chi connectivity index (χ4v) is 3.51. The average Bonchev–Trinajstić information content (AvgIpc) is 2.56. The summed E-state index contributed by atoms with van der Waals surface area (Å²) in [5, 5.41) is 3.32. The highest BCUT2D eigenvalue weighted by Crippen LogP contribution is 2.25. The lowest BCUT2D eigenvalue weighted by Gasteiger charge is -2.11. The van der Waals surface area contributed by atoms with E-state index in [0.29, 0.717) is 17.3 Å². The molecule has 0 aromatic heterocycles. The van der Waals surface area contributed by atoms with Crippen molar-refractivity contribution in [1.82, 2.24) is 5.32 Å². The molecular formula is C17H18Cl2N2O3S. The molecule has 134 valence electrons. The minimum absolute atomic E-state index is 0.0600. The molecule has 0 aliphatic rings. The van der Waals surface area contributed by atoms with E-state index in [2.05, 4.69) is 10.0 Å². The van der Waals surface area contributed by atoms with Gasteiger partial charge in [-0.1, -0.05) is 36.2 Å². The van der Waals surface area contributed by atoms with Crippen LogP contribution < -0.4 is 10.0 Å². The van der Waals surface area contributed by atoms with Crippen LogP contribution in [-0.4, -0.2) is 20.9 Å². The number of amides is 1. The Morgan fingerprint density at radius 1 is 1.08 bits per heavy atom. The fraction of sp³-hybridized carbons (Fsp3) is 0.235. The van der Waals surface area contributed by atoms with Gasteiger partial charge in [-0.2, -0.15) is 0 Å². The Kier molecular flexibility index (Phi) is 6.32. The molecule has 2 aromatic rings. The van der Waals surface area contributed by atoms with Gasteiger partial charge >= 0.3 is 0 Å². The van der Waals surface area contributed by atoms with E-state index in [1.165, 1.54) is 24.3 Å². The van der Waals surface area contributed by atoms with Crippen LogP contribution in [0, 0.1) is 6.92 Å². The summed E-state index contributed by atoms with van der Waals surface area (Å²) in [7, 11) is -3.88. The van der Waals surface area contributed by atoms with Crippen molar-refractivity contribution in [2.24, 2.45) is 0 Å². The van der Waals surface area contributed by atoms with E-state index >= 15 is 0 Å². The Hall–Kier alpha value is -1.76. The van der Waals surface area contributed by atoms with Crippen LogP contribution in [0.25, 0.3) is 0 Å². The number of aryl methyl sites for hydroxylation is 1. The van der Waals surface area contributed by atoms with E-state index in [4.69, 9.17) is 23.2 Å². The topological polar surface area (TPSA) is 75.3 Å². The minimum Gasteiger partial charge on any atom is -0.352 e. The molecule has 8 heteroatoms. The molecule has 2 N–H and O–H groups in total.